The second-order valence-corrected chi connectivity index (χ2v) is 8.34. The zero-order chi connectivity index (χ0) is 15.1. The van der Waals surface area contributed by atoms with Crippen molar-refractivity contribution in [3.05, 3.63) is 34.9 Å². The third kappa shape index (κ3) is 3.19. The molecule has 0 saturated heterocycles. The molecular formula is C14H19NO4S. The summed E-state index contributed by atoms with van der Waals surface area (Å²) in [5.41, 5.74) is 1.55. The summed E-state index contributed by atoms with van der Waals surface area (Å²) in [4.78, 5) is 10.9. The monoisotopic (exact) mass is 297 g/mol. The molecule has 1 heterocycles. The van der Waals surface area contributed by atoms with Gasteiger partial charge in [-0.1, -0.05) is 26.8 Å². The molecule has 0 bridgehead atoms. The molecule has 1 aliphatic heterocycles. The van der Waals surface area contributed by atoms with E-state index in [9.17, 15) is 13.2 Å². The molecule has 0 amide bonds. The molecular weight excluding hydrogens is 278 g/mol. The molecule has 0 radical (unpaired) electrons. The van der Waals surface area contributed by atoms with Crippen LogP contribution in [-0.4, -0.2) is 29.6 Å². The Morgan fingerprint density at radius 1 is 1.25 bits per heavy atom. The van der Waals surface area contributed by atoms with E-state index in [2.05, 4.69) is 0 Å². The van der Waals surface area contributed by atoms with Crippen LogP contribution in [0.4, 0.5) is 0 Å². The van der Waals surface area contributed by atoms with Crippen LogP contribution in [-0.2, 0) is 23.1 Å². The smallest absolute Gasteiger partial charge is 0.335 e. The predicted octanol–water partition coefficient (Wildman–Crippen LogP) is 2.08. The molecule has 0 spiro atoms. The molecule has 6 heteroatoms. The van der Waals surface area contributed by atoms with Gasteiger partial charge in [-0.25, -0.2) is 13.2 Å². The normalized spacial score (nSPS) is 16.1. The highest BCUT2D eigenvalue weighted by Gasteiger charge is 2.32. The molecule has 2 rings (SSSR count). The van der Waals surface area contributed by atoms with Gasteiger partial charge in [-0.2, -0.15) is 4.31 Å². The van der Waals surface area contributed by atoms with Crippen molar-refractivity contribution in [2.75, 3.05) is 5.75 Å². The Morgan fingerprint density at radius 2 is 1.85 bits per heavy atom. The van der Waals surface area contributed by atoms with E-state index >= 15 is 0 Å². The summed E-state index contributed by atoms with van der Waals surface area (Å²) >= 11 is 0. The number of carboxylic acids is 1. The van der Waals surface area contributed by atoms with Gasteiger partial charge in [0, 0.05) is 13.1 Å². The molecule has 0 unspecified atom stereocenters. The van der Waals surface area contributed by atoms with Crippen LogP contribution in [0.25, 0.3) is 0 Å². The van der Waals surface area contributed by atoms with Gasteiger partial charge in [-0.15, -0.1) is 0 Å². The zero-order valence-electron chi connectivity index (χ0n) is 11.9. The number of hydrogen-bond donors (Lipinski definition) is 1. The van der Waals surface area contributed by atoms with Crippen molar-refractivity contribution in [1.29, 1.82) is 0 Å². The number of fused-ring (bicyclic) bond motifs is 1. The van der Waals surface area contributed by atoms with E-state index < -0.39 is 16.0 Å². The minimum Gasteiger partial charge on any atom is -0.478 e. The van der Waals surface area contributed by atoms with Crippen molar-refractivity contribution in [3.8, 4) is 0 Å². The molecule has 20 heavy (non-hydrogen) atoms. The highest BCUT2D eigenvalue weighted by atomic mass is 32.2. The number of benzene rings is 1. The van der Waals surface area contributed by atoms with Crippen LogP contribution in [0.1, 0.15) is 42.3 Å². The number of rotatable bonds is 3. The van der Waals surface area contributed by atoms with Crippen LogP contribution < -0.4 is 0 Å². The Bertz CT molecular complexity index is 644. The fourth-order valence-electron chi connectivity index (χ4n) is 2.33. The van der Waals surface area contributed by atoms with E-state index in [0.717, 1.165) is 11.1 Å². The van der Waals surface area contributed by atoms with Crippen LogP contribution in [0, 0.1) is 5.41 Å². The summed E-state index contributed by atoms with van der Waals surface area (Å²) < 4.78 is 26.1. The van der Waals surface area contributed by atoms with Gasteiger partial charge in [0.1, 0.15) is 0 Å². The van der Waals surface area contributed by atoms with E-state index in [-0.39, 0.29) is 23.3 Å². The Morgan fingerprint density at radius 3 is 2.40 bits per heavy atom. The van der Waals surface area contributed by atoms with Gasteiger partial charge in [0.2, 0.25) is 10.0 Å². The standard InChI is InChI=1S/C14H19NO4S/c1-14(2,3)9-20(18,19)15-7-11-5-4-10(13(16)17)6-12(11)8-15/h4-6H,7-9H2,1-3H3,(H,16,17). The number of nitrogens with zero attached hydrogens (tertiary/aromatic N) is 1. The molecule has 1 aliphatic rings. The van der Waals surface area contributed by atoms with E-state index in [1.165, 1.54) is 10.4 Å². The molecule has 110 valence electrons. The maximum Gasteiger partial charge on any atom is 0.335 e. The summed E-state index contributed by atoms with van der Waals surface area (Å²) in [6.07, 6.45) is 0. The van der Waals surface area contributed by atoms with Crippen molar-refractivity contribution in [2.45, 2.75) is 33.9 Å². The lowest BCUT2D eigenvalue weighted by Crippen LogP contribution is -2.33. The third-order valence-electron chi connectivity index (χ3n) is 3.16. The lowest BCUT2D eigenvalue weighted by atomic mass is 10.0. The molecule has 0 fully saturated rings. The number of carbonyl (C=O) groups is 1. The maximum absolute atomic E-state index is 12.3. The largest absolute Gasteiger partial charge is 0.478 e. The average Bonchev–Trinajstić information content (AvgIpc) is 2.68. The summed E-state index contributed by atoms with van der Waals surface area (Å²) in [5.74, 6) is -0.913. The fraction of sp³-hybridized carbons (Fsp3) is 0.500. The van der Waals surface area contributed by atoms with E-state index in [1.807, 2.05) is 20.8 Å². The van der Waals surface area contributed by atoms with Crippen LogP contribution in [0.5, 0.6) is 0 Å². The van der Waals surface area contributed by atoms with Gasteiger partial charge in [-0.05, 0) is 28.7 Å². The summed E-state index contributed by atoms with van der Waals surface area (Å²) in [6, 6.07) is 4.77. The first kappa shape index (κ1) is 15.0. The van der Waals surface area contributed by atoms with Gasteiger partial charge in [0.15, 0.2) is 0 Å². The highest BCUT2D eigenvalue weighted by molar-refractivity contribution is 7.89. The molecule has 0 saturated carbocycles. The van der Waals surface area contributed by atoms with Crippen LogP contribution >= 0.6 is 0 Å². The molecule has 1 aromatic carbocycles. The van der Waals surface area contributed by atoms with Gasteiger partial charge in [0.25, 0.3) is 0 Å². The molecule has 0 atom stereocenters. The first-order valence-corrected chi connectivity index (χ1v) is 8.02. The van der Waals surface area contributed by atoms with E-state index in [4.69, 9.17) is 5.11 Å². The van der Waals surface area contributed by atoms with Crippen molar-refractivity contribution in [2.24, 2.45) is 5.41 Å². The Kier molecular flexibility index (Phi) is 3.64. The SMILES string of the molecule is CC(C)(C)CS(=O)(=O)N1Cc2ccc(C(=O)O)cc2C1. The zero-order valence-corrected chi connectivity index (χ0v) is 12.7. The molecule has 0 aliphatic carbocycles. The van der Waals surface area contributed by atoms with Crippen LogP contribution in [0.3, 0.4) is 0 Å². The predicted molar refractivity (Wildman–Crippen MR) is 75.9 cm³/mol. The fourth-order valence-corrected chi connectivity index (χ4v) is 4.28. The summed E-state index contributed by atoms with van der Waals surface area (Å²) in [6.45, 7) is 6.24. The third-order valence-corrected chi connectivity index (χ3v) is 5.43. The highest BCUT2D eigenvalue weighted by Crippen LogP contribution is 2.29. The van der Waals surface area contributed by atoms with Crippen molar-refractivity contribution < 1.29 is 18.3 Å². The van der Waals surface area contributed by atoms with Gasteiger partial charge in [-0.3, -0.25) is 0 Å². The average molecular weight is 297 g/mol. The topological polar surface area (TPSA) is 74.7 Å². The molecule has 1 N–H and O–H groups in total. The first-order valence-electron chi connectivity index (χ1n) is 6.41. The number of hydrogen-bond acceptors (Lipinski definition) is 3. The van der Waals surface area contributed by atoms with Gasteiger partial charge < -0.3 is 5.11 Å². The maximum atomic E-state index is 12.3. The first-order chi connectivity index (χ1) is 9.08. The second kappa shape index (κ2) is 4.86. The van der Waals surface area contributed by atoms with Crippen molar-refractivity contribution >= 4 is 16.0 Å². The number of carboxylic acid groups (broad SMARTS) is 1. The Balaban J connectivity index is 2.23. The summed E-state index contributed by atoms with van der Waals surface area (Å²) in [7, 11) is -3.33. The van der Waals surface area contributed by atoms with Gasteiger partial charge >= 0.3 is 5.97 Å². The molecule has 0 aromatic heterocycles. The molecule has 5 nitrogen and oxygen atoms in total. The van der Waals surface area contributed by atoms with Gasteiger partial charge in [0.05, 0.1) is 11.3 Å². The van der Waals surface area contributed by atoms with E-state index in [0.29, 0.717) is 6.54 Å². The Hall–Kier alpha value is -1.40. The van der Waals surface area contributed by atoms with Crippen molar-refractivity contribution in [1.82, 2.24) is 4.31 Å². The lowest BCUT2D eigenvalue weighted by Gasteiger charge is -2.23. The minimum atomic E-state index is -3.33. The van der Waals surface area contributed by atoms with Crippen LogP contribution in [0.15, 0.2) is 18.2 Å². The quantitative estimate of drug-likeness (QED) is 0.927. The number of aromatic carboxylic acids is 1. The lowest BCUT2D eigenvalue weighted by molar-refractivity contribution is 0.0696. The Labute approximate surface area is 119 Å². The molecule has 1 aromatic rings. The van der Waals surface area contributed by atoms with Crippen LogP contribution in [0.2, 0.25) is 0 Å². The summed E-state index contributed by atoms with van der Waals surface area (Å²) in [5, 5.41) is 8.96. The second-order valence-electron chi connectivity index (χ2n) is 6.37. The van der Waals surface area contributed by atoms with Crippen molar-refractivity contribution in [3.63, 3.8) is 0 Å². The minimum absolute atomic E-state index is 0.0831. The van der Waals surface area contributed by atoms with E-state index in [1.54, 1.807) is 12.1 Å². The number of sulfonamides is 1.